The van der Waals surface area contributed by atoms with Gasteiger partial charge in [0.25, 0.3) is 11.5 Å². The van der Waals surface area contributed by atoms with Crippen LogP contribution in [0.3, 0.4) is 0 Å². The Balaban J connectivity index is 1.70. The number of hydrogen-bond acceptors (Lipinski definition) is 4. The molecule has 1 aliphatic rings. The Kier molecular flexibility index (Phi) is 4.42. The molecule has 0 saturated heterocycles. The van der Waals surface area contributed by atoms with Crippen LogP contribution >= 0.6 is 0 Å². The van der Waals surface area contributed by atoms with Gasteiger partial charge in [0.2, 0.25) is 0 Å². The van der Waals surface area contributed by atoms with Gasteiger partial charge >= 0.3 is 0 Å². The number of halogens is 1. The first-order chi connectivity index (χ1) is 12.0. The number of nitrogens with zero attached hydrogens (tertiary/aromatic N) is 2. The highest BCUT2D eigenvalue weighted by atomic mass is 19.1. The third kappa shape index (κ3) is 3.63. The van der Waals surface area contributed by atoms with E-state index in [0.29, 0.717) is 24.1 Å². The molecule has 3 rings (SSSR count). The Bertz CT molecular complexity index is 915. The first-order valence-electron chi connectivity index (χ1n) is 7.63. The zero-order valence-corrected chi connectivity index (χ0v) is 13.2. The number of carbonyl (C=O) groups is 1. The SMILES string of the molecule is NC(/C=C\Nc1cn[nH]c(=O)c1)=NC(=O)C1(c2ccccc2F)CC1. The number of hydrogen-bond donors (Lipinski definition) is 3. The third-order valence-electron chi connectivity index (χ3n) is 3.95. The summed E-state index contributed by atoms with van der Waals surface area (Å²) in [5.74, 6) is -0.892. The zero-order chi connectivity index (χ0) is 17.9. The summed E-state index contributed by atoms with van der Waals surface area (Å²) in [4.78, 5) is 27.4. The minimum Gasteiger partial charge on any atom is -0.384 e. The van der Waals surface area contributed by atoms with Crippen molar-refractivity contribution in [2.45, 2.75) is 18.3 Å². The molecule has 25 heavy (non-hydrogen) atoms. The van der Waals surface area contributed by atoms with Crippen molar-refractivity contribution in [2.75, 3.05) is 5.32 Å². The number of nitrogens with two attached hydrogens (primary N) is 1. The van der Waals surface area contributed by atoms with E-state index in [1.807, 2.05) is 0 Å². The number of amides is 1. The minimum absolute atomic E-state index is 0.0158. The fraction of sp³-hybridized carbons (Fsp3) is 0.176. The molecule has 4 N–H and O–H groups in total. The lowest BCUT2D eigenvalue weighted by atomic mass is 9.94. The topological polar surface area (TPSA) is 113 Å². The summed E-state index contributed by atoms with van der Waals surface area (Å²) in [6, 6.07) is 7.51. The number of aliphatic imine (C=N–C) groups is 1. The van der Waals surface area contributed by atoms with Crippen LogP contribution in [0.15, 0.2) is 58.6 Å². The highest BCUT2D eigenvalue weighted by molar-refractivity contribution is 6.04. The predicted octanol–water partition coefficient (Wildman–Crippen LogP) is 1.45. The van der Waals surface area contributed by atoms with E-state index in [1.54, 1.807) is 18.2 Å². The molecule has 0 atom stereocenters. The number of aromatic amines is 1. The summed E-state index contributed by atoms with van der Waals surface area (Å²) in [5.41, 5.74) is 5.29. The van der Waals surface area contributed by atoms with E-state index in [9.17, 15) is 14.0 Å². The predicted molar refractivity (Wildman–Crippen MR) is 91.6 cm³/mol. The summed E-state index contributed by atoms with van der Waals surface area (Å²) >= 11 is 0. The van der Waals surface area contributed by atoms with E-state index in [0.717, 1.165) is 0 Å². The lowest BCUT2D eigenvalue weighted by molar-refractivity contribution is -0.120. The Morgan fingerprint density at radius 1 is 1.40 bits per heavy atom. The number of H-pyrrole nitrogens is 1. The molecule has 2 aromatic rings. The van der Waals surface area contributed by atoms with E-state index in [4.69, 9.17) is 5.73 Å². The van der Waals surface area contributed by atoms with Gasteiger partial charge < -0.3 is 11.1 Å². The van der Waals surface area contributed by atoms with Gasteiger partial charge in [0, 0.05) is 17.8 Å². The van der Waals surface area contributed by atoms with E-state index in [1.165, 1.54) is 30.6 Å². The van der Waals surface area contributed by atoms with Crippen molar-refractivity contribution >= 4 is 17.4 Å². The van der Waals surface area contributed by atoms with E-state index >= 15 is 0 Å². The second-order valence-corrected chi connectivity index (χ2v) is 5.72. The lowest BCUT2D eigenvalue weighted by Gasteiger charge is -2.12. The molecule has 0 spiro atoms. The summed E-state index contributed by atoms with van der Waals surface area (Å²) in [6.07, 6.45) is 5.33. The van der Waals surface area contributed by atoms with Crippen LogP contribution in [-0.2, 0) is 10.2 Å². The fourth-order valence-electron chi connectivity index (χ4n) is 2.51. The van der Waals surface area contributed by atoms with Crippen LogP contribution in [0.4, 0.5) is 10.1 Å². The molecule has 1 aromatic heterocycles. The minimum atomic E-state index is -0.909. The molecule has 0 radical (unpaired) electrons. The third-order valence-corrected chi connectivity index (χ3v) is 3.95. The summed E-state index contributed by atoms with van der Waals surface area (Å²) in [7, 11) is 0. The van der Waals surface area contributed by atoms with Gasteiger partial charge in [-0.25, -0.2) is 9.49 Å². The average molecular weight is 341 g/mol. The lowest BCUT2D eigenvalue weighted by Crippen LogP contribution is -2.23. The Morgan fingerprint density at radius 3 is 2.84 bits per heavy atom. The van der Waals surface area contributed by atoms with Crippen molar-refractivity contribution in [3.05, 3.63) is 70.5 Å². The molecular formula is C17H16FN5O2. The van der Waals surface area contributed by atoms with Crippen LogP contribution in [0, 0.1) is 5.82 Å². The van der Waals surface area contributed by atoms with Gasteiger partial charge in [0.15, 0.2) is 0 Å². The van der Waals surface area contributed by atoms with Crippen LogP contribution in [0.2, 0.25) is 0 Å². The Hall–Kier alpha value is -3.29. The van der Waals surface area contributed by atoms with Gasteiger partial charge in [-0.15, -0.1) is 0 Å². The maximum absolute atomic E-state index is 14.0. The van der Waals surface area contributed by atoms with Gasteiger partial charge in [-0.05, 0) is 25.0 Å². The molecule has 1 aromatic carbocycles. The molecule has 0 unspecified atom stereocenters. The summed E-state index contributed by atoms with van der Waals surface area (Å²) in [6.45, 7) is 0. The summed E-state index contributed by atoms with van der Waals surface area (Å²) < 4.78 is 14.0. The summed E-state index contributed by atoms with van der Waals surface area (Å²) in [5, 5.41) is 8.66. The second-order valence-electron chi connectivity index (χ2n) is 5.72. The van der Waals surface area contributed by atoms with Crippen LogP contribution < -0.4 is 16.6 Å². The van der Waals surface area contributed by atoms with Crippen molar-refractivity contribution in [1.82, 2.24) is 10.2 Å². The number of amidine groups is 1. The van der Waals surface area contributed by atoms with Gasteiger partial charge in [-0.1, -0.05) is 18.2 Å². The number of rotatable bonds is 5. The number of aromatic nitrogens is 2. The molecule has 1 heterocycles. The normalized spacial score (nSPS) is 16.0. The van der Waals surface area contributed by atoms with Crippen LogP contribution in [0.25, 0.3) is 0 Å². The van der Waals surface area contributed by atoms with Crippen molar-refractivity contribution in [1.29, 1.82) is 0 Å². The van der Waals surface area contributed by atoms with Gasteiger partial charge in [0.1, 0.15) is 11.7 Å². The number of anilines is 1. The van der Waals surface area contributed by atoms with E-state index < -0.39 is 17.1 Å². The van der Waals surface area contributed by atoms with Gasteiger partial charge in [-0.2, -0.15) is 10.1 Å². The molecule has 1 saturated carbocycles. The number of nitrogens with one attached hydrogen (secondary N) is 2. The molecule has 0 bridgehead atoms. The largest absolute Gasteiger partial charge is 0.384 e. The molecular weight excluding hydrogens is 325 g/mol. The van der Waals surface area contributed by atoms with E-state index in [-0.39, 0.29) is 11.4 Å². The molecule has 8 heteroatoms. The first-order valence-corrected chi connectivity index (χ1v) is 7.63. The Morgan fingerprint density at radius 2 is 2.16 bits per heavy atom. The van der Waals surface area contributed by atoms with E-state index in [2.05, 4.69) is 20.5 Å². The molecule has 1 aliphatic carbocycles. The van der Waals surface area contributed by atoms with Crippen molar-refractivity contribution in [3.63, 3.8) is 0 Å². The molecule has 128 valence electrons. The monoisotopic (exact) mass is 341 g/mol. The van der Waals surface area contributed by atoms with Crippen LogP contribution in [0.5, 0.6) is 0 Å². The maximum Gasteiger partial charge on any atom is 0.266 e. The average Bonchev–Trinajstić information content (AvgIpc) is 3.37. The quantitative estimate of drug-likeness (QED) is 0.563. The van der Waals surface area contributed by atoms with Gasteiger partial charge in [0.05, 0.1) is 17.3 Å². The Labute approximate surface area is 142 Å². The molecule has 7 nitrogen and oxygen atoms in total. The van der Waals surface area contributed by atoms with Crippen molar-refractivity contribution < 1.29 is 9.18 Å². The molecule has 1 amide bonds. The van der Waals surface area contributed by atoms with Crippen LogP contribution in [-0.4, -0.2) is 21.9 Å². The van der Waals surface area contributed by atoms with Crippen molar-refractivity contribution in [3.8, 4) is 0 Å². The number of carbonyl (C=O) groups excluding carboxylic acids is 1. The maximum atomic E-state index is 14.0. The van der Waals surface area contributed by atoms with Crippen molar-refractivity contribution in [2.24, 2.45) is 10.7 Å². The smallest absolute Gasteiger partial charge is 0.266 e. The highest BCUT2D eigenvalue weighted by Gasteiger charge is 2.52. The highest BCUT2D eigenvalue weighted by Crippen LogP contribution is 2.50. The number of benzene rings is 1. The first kappa shape index (κ1) is 16.6. The molecule has 1 fully saturated rings. The van der Waals surface area contributed by atoms with Crippen LogP contribution in [0.1, 0.15) is 18.4 Å². The standard InChI is InChI=1S/C17H16FN5O2/c18-13-4-2-1-3-12(13)17(6-7-17)16(25)22-14(19)5-8-20-11-9-15(24)23-21-10-11/h1-5,8-10H,6-7H2,(H2,19,22,25)(H2,20,23,24)/b8-5-. The molecule has 0 aliphatic heterocycles. The fourth-order valence-corrected chi connectivity index (χ4v) is 2.51. The van der Waals surface area contributed by atoms with Gasteiger partial charge in [-0.3, -0.25) is 9.59 Å². The second kappa shape index (κ2) is 6.68. The zero-order valence-electron chi connectivity index (χ0n) is 13.2.